The van der Waals surface area contributed by atoms with E-state index in [1.54, 1.807) is 13.8 Å². The maximum Gasteiger partial charge on any atom is 0.326 e. The molecule has 6 heteroatoms. The molecule has 0 bridgehead atoms. The van der Waals surface area contributed by atoms with Crippen LogP contribution in [0.1, 0.15) is 20.3 Å². The van der Waals surface area contributed by atoms with Gasteiger partial charge in [0.15, 0.2) is 0 Å². The SMILES string of the molecule is CC(C)(CN)C(=O)N1C[C@@H](O)C[C@H]1C(=O)O. The van der Waals surface area contributed by atoms with Gasteiger partial charge in [-0.25, -0.2) is 4.79 Å². The molecule has 0 aromatic heterocycles. The number of nitrogens with zero attached hydrogens (tertiary/aromatic N) is 1. The Bertz CT molecular complexity index is 303. The van der Waals surface area contributed by atoms with Gasteiger partial charge in [0.2, 0.25) is 5.91 Å². The third-order valence-corrected chi connectivity index (χ3v) is 2.91. The lowest BCUT2D eigenvalue weighted by atomic mass is 9.91. The minimum atomic E-state index is -1.09. The van der Waals surface area contributed by atoms with E-state index < -0.39 is 23.5 Å². The molecule has 6 nitrogen and oxygen atoms in total. The van der Waals surface area contributed by atoms with Crippen LogP contribution in [0.2, 0.25) is 0 Å². The molecule has 0 aromatic carbocycles. The lowest BCUT2D eigenvalue weighted by Crippen LogP contribution is -2.49. The zero-order chi connectivity index (χ0) is 12.5. The molecule has 0 saturated carbocycles. The minimum Gasteiger partial charge on any atom is -0.480 e. The predicted octanol–water partition coefficient (Wildman–Crippen LogP) is -0.982. The van der Waals surface area contributed by atoms with Crippen molar-refractivity contribution >= 4 is 11.9 Å². The van der Waals surface area contributed by atoms with Crippen molar-refractivity contribution in [3.8, 4) is 0 Å². The van der Waals surface area contributed by atoms with E-state index in [0.717, 1.165) is 0 Å². The van der Waals surface area contributed by atoms with Gasteiger partial charge in [-0.3, -0.25) is 4.79 Å². The summed E-state index contributed by atoms with van der Waals surface area (Å²) in [6, 6.07) is -0.937. The van der Waals surface area contributed by atoms with Gasteiger partial charge < -0.3 is 20.8 Å². The molecule has 16 heavy (non-hydrogen) atoms. The quantitative estimate of drug-likeness (QED) is 0.578. The molecule has 1 saturated heterocycles. The van der Waals surface area contributed by atoms with Crippen molar-refractivity contribution in [3.63, 3.8) is 0 Å². The highest BCUT2D eigenvalue weighted by atomic mass is 16.4. The summed E-state index contributed by atoms with van der Waals surface area (Å²) in [5.41, 5.74) is 4.68. The van der Waals surface area contributed by atoms with Gasteiger partial charge in [-0.2, -0.15) is 0 Å². The number of hydrogen-bond acceptors (Lipinski definition) is 4. The number of carbonyl (C=O) groups is 2. The van der Waals surface area contributed by atoms with Gasteiger partial charge in [0.1, 0.15) is 6.04 Å². The molecule has 1 aliphatic heterocycles. The Morgan fingerprint density at radius 3 is 2.50 bits per heavy atom. The molecule has 92 valence electrons. The maximum absolute atomic E-state index is 12.0. The summed E-state index contributed by atoms with van der Waals surface area (Å²) < 4.78 is 0. The molecule has 0 radical (unpaired) electrons. The summed E-state index contributed by atoms with van der Waals surface area (Å²) in [5, 5.41) is 18.4. The van der Waals surface area contributed by atoms with E-state index in [4.69, 9.17) is 10.8 Å². The summed E-state index contributed by atoms with van der Waals surface area (Å²) in [4.78, 5) is 24.2. The van der Waals surface area contributed by atoms with Crippen molar-refractivity contribution < 1.29 is 19.8 Å². The highest BCUT2D eigenvalue weighted by Crippen LogP contribution is 2.25. The Kier molecular flexibility index (Phi) is 3.54. The normalized spacial score (nSPS) is 25.9. The van der Waals surface area contributed by atoms with Gasteiger partial charge in [-0.05, 0) is 13.8 Å². The first-order valence-electron chi connectivity index (χ1n) is 5.21. The number of carboxylic acid groups (broad SMARTS) is 1. The Labute approximate surface area is 94.0 Å². The first-order valence-corrected chi connectivity index (χ1v) is 5.21. The molecule has 1 fully saturated rings. The number of β-amino-alcohol motifs (C(OH)–C–C–N with tert-alkyl or cyclic N) is 1. The van der Waals surface area contributed by atoms with Crippen molar-refractivity contribution in [1.29, 1.82) is 0 Å². The molecule has 0 spiro atoms. The van der Waals surface area contributed by atoms with Gasteiger partial charge in [-0.1, -0.05) is 0 Å². The fourth-order valence-corrected chi connectivity index (χ4v) is 1.75. The van der Waals surface area contributed by atoms with E-state index in [1.165, 1.54) is 4.90 Å². The van der Waals surface area contributed by atoms with Crippen LogP contribution in [0.5, 0.6) is 0 Å². The molecule has 1 heterocycles. The molecule has 0 aromatic rings. The Hall–Kier alpha value is -1.14. The summed E-state index contributed by atoms with van der Waals surface area (Å²) in [6.07, 6.45) is -0.680. The third kappa shape index (κ3) is 2.33. The van der Waals surface area contributed by atoms with Crippen molar-refractivity contribution in [2.24, 2.45) is 11.1 Å². The number of hydrogen-bond donors (Lipinski definition) is 3. The monoisotopic (exact) mass is 230 g/mol. The molecule has 1 aliphatic rings. The zero-order valence-electron chi connectivity index (χ0n) is 9.51. The van der Waals surface area contributed by atoms with Crippen LogP contribution in [0.3, 0.4) is 0 Å². The van der Waals surface area contributed by atoms with E-state index >= 15 is 0 Å². The molecule has 1 amide bonds. The van der Waals surface area contributed by atoms with E-state index in [0.29, 0.717) is 0 Å². The summed E-state index contributed by atoms with van der Waals surface area (Å²) in [5.74, 6) is -1.41. The van der Waals surface area contributed by atoms with E-state index in [1.807, 2.05) is 0 Å². The lowest BCUT2D eigenvalue weighted by molar-refractivity contribution is -0.152. The van der Waals surface area contributed by atoms with Crippen LogP contribution in [-0.2, 0) is 9.59 Å². The number of rotatable bonds is 3. The van der Waals surface area contributed by atoms with Gasteiger partial charge in [-0.15, -0.1) is 0 Å². The van der Waals surface area contributed by atoms with Gasteiger partial charge in [0, 0.05) is 19.5 Å². The van der Waals surface area contributed by atoms with E-state index in [9.17, 15) is 14.7 Å². The summed E-state index contributed by atoms with van der Waals surface area (Å²) in [7, 11) is 0. The Morgan fingerprint density at radius 2 is 2.06 bits per heavy atom. The van der Waals surface area contributed by atoms with Gasteiger partial charge >= 0.3 is 5.97 Å². The van der Waals surface area contributed by atoms with Crippen LogP contribution >= 0.6 is 0 Å². The number of aliphatic hydroxyl groups excluding tert-OH is 1. The number of carbonyl (C=O) groups excluding carboxylic acids is 1. The highest BCUT2D eigenvalue weighted by molar-refractivity contribution is 5.87. The van der Waals surface area contributed by atoms with Crippen LogP contribution < -0.4 is 5.73 Å². The molecule has 1 rings (SSSR count). The second-order valence-corrected chi connectivity index (χ2v) is 4.79. The molecule has 2 atom stereocenters. The second-order valence-electron chi connectivity index (χ2n) is 4.79. The van der Waals surface area contributed by atoms with Crippen molar-refractivity contribution in [2.75, 3.05) is 13.1 Å². The van der Waals surface area contributed by atoms with Crippen LogP contribution in [-0.4, -0.2) is 52.2 Å². The Balaban J connectivity index is 2.86. The predicted molar refractivity (Wildman–Crippen MR) is 56.6 cm³/mol. The van der Waals surface area contributed by atoms with Crippen LogP contribution in [0.4, 0.5) is 0 Å². The zero-order valence-corrected chi connectivity index (χ0v) is 9.51. The van der Waals surface area contributed by atoms with E-state index in [2.05, 4.69) is 0 Å². The number of likely N-dealkylation sites (tertiary alicyclic amines) is 1. The largest absolute Gasteiger partial charge is 0.480 e. The second kappa shape index (κ2) is 4.39. The average Bonchev–Trinajstić information content (AvgIpc) is 2.59. The first kappa shape index (κ1) is 12.9. The topological polar surface area (TPSA) is 104 Å². The van der Waals surface area contributed by atoms with Crippen molar-refractivity contribution in [1.82, 2.24) is 4.90 Å². The lowest BCUT2D eigenvalue weighted by Gasteiger charge is -2.30. The Morgan fingerprint density at radius 1 is 1.50 bits per heavy atom. The van der Waals surface area contributed by atoms with E-state index in [-0.39, 0.29) is 25.4 Å². The number of aliphatic hydroxyl groups is 1. The van der Waals surface area contributed by atoms with Crippen LogP contribution in [0.25, 0.3) is 0 Å². The highest BCUT2D eigenvalue weighted by Gasteiger charge is 2.43. The number of amides is 1. The number of carboxylic acids is 1. The average molecular weight is 230 g/mol. The fraction of sp³-hybridized carbons (Fsp3) is 0.800. The standard InChI is InChI=1S/C10H18N2O4/c1-10(2,5-11)9(16)12-4-6(13)3-7(12)8(14)15/h6-7,13H,3-5,11H2,1-2H3,(H,14,15)/t6-,7-/m0/s1. The van der Waals surface area contributed by atoms with Gasteiger partial charge in [0.05, 0.1) is 11.5 Å². The van der Waals surface area contributed by atoms with Crippen LogP contribution in [0.15, 0.2) is 0 Å². The molecule has 0 unspecified atom stereocenters. The van der Waals surface area contributed by atoms with Crippen molar-refractivity contribution in [2.45, 2.75) is 32.4 Å². The minimum absolute atomic E-state index is 0.0687. The molecular formula is C10H18N2O4. The number of aliphatic carboxylic acids is 1. The van der Waals surface area contributed by atoms with Crippen molar-refractivity contribution in [3.05, 3.63) is 0 Å². The third-order valence-electron chi connectivity index (χ3n) is 2.91. The van der Waals surface area contributed by atoms with Crippen LogP contribution in [0, 0.1) is 5.41 Å². The number of nitrogens with two attached hydrogens (primary N) is 1. The summed E-state index contributed by atoms with van der Waals surface area (Å²) >= 11 is 0. The molecular weight excluding hydrogens is 212 g/mol. The molecule has 4 N–H and O–H groups in total. The summed E-state index contributed by atoms with van der Waals surface area (Å²) in [6.45, 7) is 3.54. The maximum atomic E-state index is 12.0. The first-order chi connectivity index (χ1) is 7.29. The van der Waals surface area contributed by atoms with Gasteiger partial charge in [0.25, 0.3) is 0 Å². The molecule has 0 aliphatic carbocycles. The fourth-order valence-electron chi connectivity index (χ4n) is 1.75. The smallest absolute Gasteiger partial charge is 0.326 e.